The molecule has 0 spiro atoms. The van der Waals surface area contributed by atoms with Crippen LogP contribution < -0.4 is 20.1 Å². The third-order valence-electron chi connectivity index (χ3n) is 5.96. The molecule has 0 aliphatic heterocycles. The molecule has 1 atom stereocenters. The molecule has 2 amide bonds. The summed E-state index contributed by atoms with van der Waals surface area (Å²) in [6.07, 6.45) is 0. The summed E-state index contributed by atoms with van der Waals surface area (Å²) in [6, 6.07) is 20.9. The number of benzene rings is 3. The predicted octanol–water partition coefficient (Wildman–Crippen LogP) is 6.08. The zero-order valence-electron chi connectivity index (χ0n) is 21.6. The number of carbonyl (C=O) groups excluding carboxylic acids is 1. The number of hydrogen-bond donors (Lipinski definition) is 2. The molecule has 4 aromatic rings. The van der Waals surface area contributed by atoms with Crippen LogP contribution in [0.5, 0.6) is 11.5 Å². The molecule has 0 saturated carbocycles. The van der Waals surface area contributed by atoms with Crippen LogP contribution in [0.25, 0.3) is 5.69 Å². The molecule has 0 saturated heterocycles. The molecule has 0 fully saturated rings. The second kappa shape index (κ2) is 11.8. The van der Waals surface area contributed by atoms with Crippen LogP contribution in [-0.2, 0) is 5.75 Å². The SMILES string of the molecule is COc1ccc(NC(=O)NC(C)c2nnc(SCc3ccccc3C)n2-c2ccc(C)cc2)c(OC)c1. The predicted molar refractivity (Wildman–Crippen MR) is 147 cm³/mol. The van der Waals surface area contributed by atoms with Gasteiger partial charge in [0.2, 0.25) is 0 Å². The van der Waals surface area contributed by atoms with E-state index in [0.29, 0.717) is 23.0 Å². The highest BCUT2D eigenvalue weighted by Crippen LogP contribution is 2.30. The molecule has 1 aromatic heterocycles. The van der Waals surface area contributed by atoms with Gasteiger partial charge in [0.25, 0.3) is 0 Å². The van der Waals surface area contributed by atoms with Crippen molar-refractivity contribution in [1.82, 2.24) is 20.1 Å². The van der Waals surface area contributed by atoms with Crippen molar-refractivity contribution in [3.8, 4) is 17.2 Å². The molecule has 0 radical (unpaired) electrons. The van der Waals surface area contributed by atoms with Crippen LogP contribution in [0, 0.1) is 13.8 Å². The van der Waals surface area contributed by atoms with Crippen LogP contribution in [0.2, 0.25) is 0 Å². The normalized spacial score (nSPS) is 11.6. The van der Waals surface area contributed by atoms with E-state index in [1.807, 2.05) is 42.7 Å². The summed E-state index contributed by atoms with van der Waals surface area (Å²) >= 11 is 1.61. The lowest BCUT2D eigenvalue weighted by Gasteiger charge is -2.18. The van der Waals surface area contributed by atoms with Gasteiger partial charge in [-0.25, -0.2) is 4.79 Å². The number of rotatable bonds is 9. The third kappa shape index (κ3) is 6.24. The summed E-state index contributed by atoms with van der Waals surface area (Å²) in [5.41, 5.74) is 5.10. The Hall–Kier alpha value is -3.98. The maximum Gasteiger partial charge on any atom is 0.319 e. The molecule has 37 heavy (non-hydrogen) atoms. The molecular formula is C28H31N5O3S. The number of urea groups is 1. The minimum atomic E-state index is -0.425. The monoisotopic (exact) mass is 517 g/mol. The van der Waals surface area contributed by atoms with Crippen LogP contribution in [-0.4, -0.2) is 35.0 Å². The van der Waals surface area contributed by atoms with Crippen LogP contribution in [0.4, 0.5) is 10.5 Å². The van der Waals surface area contributed by atoms with Gasteiger partial charge in [-0.1, -0.05) is 53.7 Å². The van der Waals surface area contributed by atoms with Gasteiger partial charge in [0.1, 0.15) is 11.5 Å². The van der Waals surface area contributed by atoms with Crippen LogP contribution >= 0.6 is 11.8 Å². The van der Waals surface area contributed by atoms with Gasteiger partial charge in [-0.2, -0.15) is 0 Å². The Balaban J connectivity index is 1.56. The molecule has 8 nitrogen and oxygen atoms in total. The van der Waals surface area contributed by atoms with E-state index in [0.717, 1.165) is 22.2 Å². The first-order chi connectivity index (χ1) is 17.9. The van der Waals surface area contributed by atoms with Crippen molar-refractivity contribution in [3.05, 3.63) is 89.2 Å². The van der Waals surface area contributed by atoms with E-state index in [4.69, 9.17) is 9.47 Å². The Bertz CT molecular complexity index is 1370. The van der Waals surface area contributed by atoms with Gasteiger partial charge in [-0.05, 0) is 56.2 Å². The van der Waals surface area contributed by atoms with Crippen LogP contribution in [0.3, 0.4) is 0 Å². The van der Waals surface area contributed by atoms with E-state index in [1.165, 1.54) is 11.1 Å². The summed E-state index contributed by atoms with van der Waals surface area (Å²) in [4.78, 5) is 12.9. The quantitative estimate of drug-likeness (QED) is 0.262. The minimum absolute atomic E-state index is 0.386. The largest absolute Gasteiger partial charge is 0.497 e. The van der Waals surface area contributed by atoms with Crippen molar-refractivity contribution in [2.24, 2.45) is 0 Å². The lowest BCUT2D eigenvalue weighted by atomic mass is 10.1. The molecule has 0 aliphatic carbocycles. The molecule has 1 unspecified atom stereocenters. The highest BCUT2D eigenvalue weighted by Gasteiger charge is 2.22. The van der Waals surface area contributed by atoms with E-state index in [-0.39, 0.29) is 6.03 Å². The first kappa shape index (κ1) is 26.1. The first-order valence-corrected chi connectivity index (χ1v) is 12.9. The molecule has 0 aliphatic rings. The lowest BCUT2D eigenvalue weighted by Crippen LogP contribution is -2.32. The third-order valence-corrected chi connectivity index (χ3v) is 6.94. The summed E-state index contributed by atoms with van der Waals surface area (Å²) in [5.74, 6) is 2.53. The highest BCUT2D eigenvalue weighted by atomic mass is 32.2. The fourth-order valence-corrected chi connectivity index (χ4v) is 4.86. The smallest absolute Gasteiger partial charge is 0.319 e. The molecule has 0 bridgehead atoms. The van der Waals surface area contributed by atoms with Gasteiger partial charge in [0, 0.05) is 17.5 Å². The molecule has 1 heterocycles. The van der Waals surface area contributed by atoms with E-state index < -0.39 is 6.04 Å². The van der Waals surface area contributed by atoms with Gasteiger partial charge in [0.15, 0.2) is 11.0 Å². The molecule has 9 heteroatoms. The Morgan fingerprint density at radius 1 is 1.00 bits per heavy atom. The van der Waals surface area contributed by atoms with Gasteiger partial charge in [-0.3, -0.25) is 4.57 Å². The number of anilines is 1. The molecule has 3 aromatic carbocycles. The fourth-order valence-electron chi connectivity index (χ4n) is 3.83. The molecular weight excluding hydrogens is 486 g/mol. The zero-order valence-corrected chi connectivity index (χ0v) is 22.4. The number of thioether (sulfide) groups is 1. The number of aromatic nitrogens is 3. The molecule has 4 rings (SSSR count). The zero-order chi connectivity index (χ0) is 26.4. The first-order valence-electron chi connectivity index (χ1n) is 11.9. The van der Waals surface area contributed by atoms with Crippen molar-refractivity contribution >= 4 is 23.5 Å². The standard InChI is InChI=1S/C28H31N5O3S/c1-18-10-12-22(13-11-18)33-26(31-32-28(33)37-17-21-9-7-6-8-19(21)2)20(3)29-27(34)30-24-15-14-23(35-4)16-25(24)36-5/h6-16,20H,17H2,1-5H3,(H2,29,30,34). The number of nitrogens with one attached hydrogen (secondary N) is 2. The maximum atomic E-state index is 12.9. The second-order valence-electron chi connectivity index (χ2n) is 8.61. The van der Waals surface area contributed by atoms with Gasteiger partial charge in [-0.15, -0.1) is 10.2 Å². The van der Waals surface area contributed by atoms with Crippen molar-refractivity contribution in [3.63, 3.8) is 0 Å². The number of hydrogen-bond acceptors (Lipinski definition) is 6. The summed E-state index contributed by atoms with van der Waals surface area (Å²) in [5, 5.41) is 15.5. The molecule has 2 N–H and O–H groups in total. The lowest BCUT2D eigenvalue weighted by molar-refractivity contribution is 0.248. The topological polar surface area (TPSA) is 90.3 Å². The Kier molecular flexibility index (Phi) is 8.35. The number of aryl methyl sites for hydroxylation is 2. The average molecular weight is 518 g/mol. The summed E-state index contributed by atoms with van der Waals surface area (Å²) in [7, 11) is 3.12. The number of methoxy groups -OCH3 is 2. The highest BCUT2D eigenvalue weighted by molar-refractivity contribution is 7.98. The summed E-state index contributed by atoms with van der Waals surface area (Å²) < 4.78 is 12.6. The summed E-state index contributed by atoms with van der Waals surface area (Å²) in [6.45, 7) is 6.04. The van der Waals surface area contributed by atoms with E-state index in [2.05, 4.69) is 52.0 Å². The number of nitrogens with zero attached hydrogens (tertiary/aromatic N) is 3. The van der Waals surface area contributed by atoms with E-state index in [1.54, 1.807) is 44.2 Å². The van der Waals surface area contributed by atoms with Crippen molar-refractivity contribution in [2.75, 3.05) is 19.5 Å². The van der Waals surface area contributed by atoms with Gasteiger partial charge < -0.3 is 20.1 Å². The number of ether oxygens (including phenoxy) is 2. The Labute approximate surface area is 221 Å². The Morgan fingerprint density at radius 3 is 2.46 bits per heavy atom. The van der Waals surface area contributed by atoms with E-state index in [9.17, 15) is 4.79 Å². The van der Waals surface area contributed by atoms with Gasteiger partial charge >= 0.3 is 6.03 Å². The Morgan fingerprint density at radius 2 is 1.76 bits per heavy atom. The van der Waals surface area contributed by atoms with E-state index >= 15 is 0 Å². The van der Waals surface area contributed by atoms with Crippen molar-refractivity contribution < 1.29 is 14.3 Å². The fraction of sp³-hybridized carbons (Fsp3) is 0.250. The number of amides is 2. The maximum absolute atomic E-state index is 12.9. The van der Waals surface area contributed by atoms with Gasteiger partial charge in [0.05, 0.1) is 25.9 Å². The second-order valence-corrected chi connectivity index (χ2v) is 9.56. The number of carbonyl (C=O) groups is 1. The average Bonchev–Trinajstić information content (AvgIpc) is 3.33. The minimum Gasteiger partial charge on any atom is -0.497 e. The van der Waals surface area contributed by atoms with Crippen LogP contribution in [0.1, 0.15) is 35.5 Å². The van der Waals surface area contributed by atoms with Crippen molar-refractivity contribution in [1.29, 1.82) is 0 Å². The van der Waals surface area contributed by atoms with Crippen molar-refractivity contribution in [2.45, 2.75) is 37.7 Å². The van der Waals surface area contributed by atoms with Crippen LogP contribution in [0.15, 0.2) is 71.9 Å². The molecule has 192 valence electrons.